The number of rotatable bonds is 3. The molecule has 84 valence electrons. The molecule has 0 radical (unpaired) electrons. The van der Waals surface area contributed by atoms with Crippen LogP contribution in [-0.2, 0) is 6.42 Å². The van der Waals surface area contributed by atoms with Crippen molar-refractivity contribution in [3.8, 4) is 5.75 Å². The summed E-state index contributed by atoms with van der Waals surface area (Å²) in [7, 11) is 1.84. The van der Waals surface area contributed by atoms with Crippen LogP contribution in [0.4, 0.5) is 0 Å². The van der Waals surface area contributed by atoms with E-state index in [0.717, 1.165) is 36.3 Å². The quantitative estimate of drug-likeness (QED) is 0.761. The van der Waals surface area contributed by atoms with Gasteiger partial charge >= 0.3 is 0 Å². The molecule has 0 unspecified atom stereocenters. The van der Waals surface area contributed by atoms with E-state index in [9.17, 15) is 0 Å². The van der Waals surface area contributed by atoms with Crippen molar-refractivity contribution in [3.63, 3.8) is 0 Å². The Kier molecular flexibility index (Phi) is 3.25. The average Bonchev–Trinajstić information content (AvgIpc) is 2.35. The molecule has 1 aliphatic rings. The smallest absolute Gasteiger partial charge is 0.122 e. The lowest BCUT2D eigenvalue weighted by Gasteiger charge is -2.18. The van der Waals surface area contributed by atoms with Crippen molar-refractivity contribution >= 4 is 11.8 Å². The van der Waals surface area contributed by atoms with Crippen molar-refractivity contribution in [2.24, 2.45) is 0 Å². The van der Waals surface area contributed by atoms with Gasteiger partial charge in [0.15, 0.2) is 0 Å². The van der Waals surface area contributed by atoms with Gasteiger partial charge in [0.25, 0.3) is 0 Å². The molecular weight excluding hydrogens is 200 g/mol. The number of fused-ring (bicyclic) bond motifs is 1. The van der Waals surface area contributed by atoms with Crippen LogP contribution in [0.15, 0.2) is 24.4 Å². The molecule has 3 heteroatoms. The summed E-state index contributed by atoms with van der Waals surface area (Å²) in [5.41, 5.74) is 3.19. The molecule has 0 atom stereocenters. The molecule has 0 bridgehead atoms. The van der Waals surface area contributed by atoms with Crippen molar-refractivity contribution in [1.82, 2.24) is 5.32 Å². The van der Waals surface area contributed by atoms with E-state index in [1.54, 1.807) is 0 Å². The van der Waals surface area contributed by atoms with Gasteiger partial charge in [0.2, 0.25) is 0 Å². The topological polar surface area (TPSA) is 45.1 Å². The molecule has 0 fully saturated rings. The van der Waals surface area contributed by atoms with E-state index in [1.165, 1.54) is 11.8 Å². The third-order valence-corrected chi connectivity index (χ3v) is 2.70. The van der Waals surface area contributed by atoms with Crippen LogP contribution in [-0.4, -0.2) is 19.9 Å². The van der Waals surface area contributed by atoms with Crippen LogP contribution in [0.2, 0.25) is 0 Å². The Bertz CT molecular complexity index is 424. The van der Waals surface area contributed by atoms with Gasteiger partial charge < -0.3 is 15.5 Å². The maximum Gasteiger partial charge on any atom is 0.122 e. The Morgan fingerprint density at radius 2 is 2.38 bits per heavy atom. The molecule has 2 rings (SSSR count). The maximum absolute atomic E-state index is 7.38. The first-order valence-electron chi connectivity index (χ1n) is 5.49. The molecular formula is C13H16N2O. The Labute approximate surface area is 95.6 Å². The summed E-state index contributed by atoms with van der Waals surface area (Å²) < 4.78 is 5.56. The van der Waals surface area contributed by atoms with Gasteiger partial charge in [0, 0.05) is 25.0 Å². The minimum Gasteiger partial charge on any atom is -0.493 e. The van der Waals surface area contributed by atoms with Crippen molar-refractivity contribution in [2.75, 3.05) is 13.7 Å². The third kappa shape index (κ3) is 2.08. The predicted octanol–water partition coefficient (Wildman–Crippen LogP) is 2.22. The Morgan fingerprint density at radius 1 is 1.50 bits per heavy atom. The normalized spacial score (nSPS) is 14.9. The molecule has 3 nitrogen and oxygen atoms in total. The summed E-state index contributed by atoms with van der Waals surface area (Å²) in [5, 5.41) is 10.3. The molecule has 0 saturated carbocycles. The van der Waals surface area contributed by atoms with Crippen LogP contribution >= 0.6 is 0 Å². The number of allylic oxidation sites excluding steroid dienone is 1. The van der Waals surface area contributed by atoms with E-state index in [2.05, 4.69) is 11.4 Å². The lowest BCUT2D eigenvalue weighted by atomic mass is 10.00. The highest BCUT2D eigenvalue weighted by molar-refractivity contribution is 6.08. The Morgan fingerprint density at radius 3 is 3.12 bits per heavy atom. The van der Waals surface area contributed by atoms with Crippen LogP contribution in [0.1, 0.15) is 17.5 Å². The van der Waals surface area contributed by atoms with Crippen LogP contribution in [0, 0.1) is 5.41 Å². The molecule has 2 N–H and O–H groups in total. The first-order valence-corrected chi connectivity index (χ1v) is 5.49. The third-order valence-electron chi connectivity index (χ3n) is 2.70. The zero-order valence-electron chi connectivity index (χ0n) is 9.42. The molecule has 0 spiro atoms. The number of ether oxygens (including phenoxy) is 1. The summed E-state index contributed by atoms with van der Waals surface area (Å²) in [6, 6.07) is 6.11. The summed E-state index contributed by atoms with van der Waals surface area (Å²) in [4.78, 5) is 0. The highest BCUT2D eigenvalue weighted by Crippen LogP contribution is 2.27. The zero-order valence-corrected chi connectivity index (χ0v) is 9.42. The number of nitrogens with one attached hydrogen (secondary N) is 2. The van der Waals surface area contributed by atoms with Gasteiger partial charge in [-0.25, -0.2) is 0 Å². The minimum atomic E-state index is 0.816. The lowest BCUT2D eigenvalue weighted by Crippen LogP contribution is -2.08. The fourth-order valence-corrected chi connectivity index (χ4v) is 1.90. The predicted molar refractivity (Wildman–Crippen MR) is 66.1 cm³/mol. The highest BCUT2D eigenvalue weighted by Gasteiger charge is 2.11. The van der Waals surface area contributed by atoms with Crippen LogP contribution in [0.5, 0.6) is 5.75 Å². The van der Waals surface area contributed by atoms with Crippen LogP contribution in [0.25, 0.3) is 5.57 Å². The lowest BCUT2D eigenvalue weighted by molar-refractivity contribution is 0.288. The average molecular weight is 216 g/mol. The molecule has 1 aromatic carbocycles. The van der Waals surface area contributed by atoms with Crippen molar-refractivity contribution < 1.29 is 4.74 Å². The second-order valence-corrected chi connectivity index (χ2v) is 3.81. The molecule has 1 aromatic rings. The fraction of sp³-hybridized carbons (Fsp3) is 0.308. The molecule has 16 heavy (non-hydrogen) atoms. The molecule has 0 amide bonds. The second-order valence-electron chi connectivity index (χ2n) is 3.81. The van der Waals surface area contributed by atoms with E-state index >= 15 is 0 Å². The van der Waals surface area contributed by atoms with Gasteiger partial charge in [0.1, 0.15) is 5.75 Å². The van der Waals surface area contributed by atoms with E-state index in [-0.39, 0.29) is 0 Å². The minimum absolute atomic E-state index is 0.816. The Balaban J connectivity index is 2.35. The number of hydrogen-bond donors (Lipinski definition) is 2. The molecule has 0 aliphatic carbocycles. The van der Waals surface area contributed by atoms with Crippen molar-refractivity contribution in [3.05, 3.63) is 35.5 Å². The van der Waals surface area contributed by atoms with Gasteiger partial charge in [0.05, 0.1) is 6.61 Å². The van der Waals surface area contributed by atoms with Gasteiger partial charge in [-0.05, 0) is 36.1 Å². The zero-order chi connectivity index (χ0) is 11.4. The molecule has 1 aliphatic heterocycles. The van der Waals surface area contributed by atoms with Gasteiger partial charge in [-0.3, -0.25) is 0 Å². The van der Waals surface area contributed by atoms with Gasteiger partial charge in [-0.2, -0.15) is 0 Å². The fourth-order valence-electron chi connectivity index (χ4n) is 1.90. The van der Waals surface area contributed by atoms with E-state index < -0.39 is 0 Å². The van der Waals surface area contributed by atoms with Gasteiger partial charge in [-0.15, -0.1) is 0 Å². The summed E-state index contributed by atoms with van der Waals surface area (Å²) in [5.74, 6) is 0.990. The standard InChI is InChI=1S/C13H16N2O/c1-15-9-12(8-14)10-4-5-13-11(7-10)3-2-6-16-13/h4-5,7-9,14-15H,2-3,6H2,1H3/b12-9+,14-8?. The van der Waals surface area contributed by atoms with E-state index in [1.807, 2.05) is 25.4 Å². The highest BCUT2D eigenvalue weighted by atomic mass is 16.5. The Hall–Kier alpha value is -1.77. The van der Waals surface area contributed by atoms with Crippen molar-refractivity contribution in [2.45, 2.75) is 12.8 Å². The van der Waals surface area contributed by atoms with E-state index in [0.29, 0.717) is 0 Å². The molecule has 0 aromatic heterocycles. The van der Waals surface area contributed by atoms with Crippen LogP contribution in [0.3, 0.4) is 0 Å². The number of benzene rings is 1. The largest absolute Gasteiger partial charge is 0.493 e. The van der Waals surface area contributed by atoms with E-state index in [4.69, 9.17) is 10.1 Å². The van der Waals surface area contributed by atoms with Crippen molar-refractivity contribution in [1.29, 1.82) is 5.41 Å². The van der Waals surface area contributed by atoms with Gasteiger partial charge in [-0.1, -0.05) is 6.07 Å². The monoisotopic (exact) mass is 216 g/mol. The SMILES string of the molecule is CN/C=C(\C=N)c1ccc2c(c1)CCCO2. The number of hydrogen-bond acceptors (Lipinski definition) is 3. The second kappa shape index (κ2) is 4.84. The first-order chi connectivity index (χ1) is 7.85. The summed E-state index contributed by atoms with van der Waals surface area (Å²) >= 11 is 0. The first kappa shape index (κ1) is 10.7. The maximum atomic E-state index is 7.38. The summed E-state index contributed by atoms with van der Waals surface area (Å²) in [6.07, 6.45) is 5.33. The van der Waals surface area contributed by atoms with Crippen LogP contribution < -0.4 is 10.1 Å². The molecule has 1 heterocycles. The summed E-state index contributed by atoms with van der Waals surface area (Å²) in [6.45, 7) is 0.816. The molecule has 0 saturated heterocycles. The number of aryl methyl sites for hydroxylation is 1.